The fourth-order valence-corrected chi connectivity index (χ4v) is 2.64. The average molecular weight is 282 g/mol. The summed E-state index contributed by atoms with van der Waals surface area (Å²) >= 11 is 7.37. The lowest BCUT2D eigenvalue weighted by Gasteiger charge is -2.02. The van der Waals surface area contributed by atoms with Gasteiger partial charge in [-0.1, -0.05) is 18.5 Å². The number of carbonyl (C=O) groups is 1. The number of amides is 1. The molecule has 1 N–H and O–H groups in total. The fourth-order valence-electron chi connectivity index (χ4n) is 1.53. The first kappa shape index (κ1) is 13.0. The van der Waals surface area contributed by atoms with Crippen LogP contribution < -0.4 is 5.32 Å². The van der Waals surface area contributed by atoms with Gasteiger partial charge in [0.15, 0.2) is 5.13 Å². The van der Waals surface area contributed by atoms with Gasteiger partial charge in [0.05, 0.1) is 16.3 Å². The molecule has 4 nitrogen and oxygen atoms in total. The maximum Gasteiger partial charge on any atom is 0.259 e. The second-order valence-electron chi connectivity index (χ2n) is 3.69. The Morgan fingerprint density at radius 1 is 1.56 bits per heavy atom. The predicted octanol–water partition coefficient (Wildman–Crippen LogP) is 3.31. The summed E-state index contributed by atoms with van der Waals surface area (Å²) in [5.41, 5.74) is 1.41. The number of hydrogen-bond donors (Lipinski definition) is 1. The van der Waals surface area contributed by atoms with Crippen molar-refractivity contribution in [1.82, 2.24) is 9.97 Å². The Kier molecular flexibility index (Phi) is 3.93. The van der Waals surface area contributed by atoms with Gasteiger partial charge in [0.1, 0.15) is 0 Å². The van der Waals surface area contributed by atoms with Crippen molar-refractivity contribution in [3.8, 4) is 0 Å². The first-order valence-corrected chi connectivity index (χ1v) is 6.68. The van der Waals surface area contributed by atoms with Crippen LogP contribution in [0.15, 0.2) is 18.5 Å². The molecule has 0 saturated carbocycles. The monoisotopic (exact) mass is 281 g/mol. The predicted molar refractivity (Wildman–Crippen MR) is 73.4 cm³/mol. The molecule has 2 aromatic rings. The third kappa shape index (κ3) is 2.68. The molecule has 0 aliphatic rings. The molecule has 0 aliphatic carbocycles. The molecule has 0 spiro atoms. The van der Waals surface area contributed by atoms with Crippen molar-refractivity contribution in [2.24, 2.45) is 0 Å². The quantitative estimate of drug-likeness (QED) is 0.939. The first-order chi connectivity index (χ1) is 8.61. The summed E-state index contributed by atoms with van der Waals surface area (Å²) < 4.78 is 0. The molecule has 0 aromatic carbocycles. The van der Waals surface area contributed by atoms with E-state index in [1.807, 2.05) is 13.8 Å². The van der Waals surface area contributed by atoms with Crippen molar-refractivity contribution >= 4 is 34.0 Å². The number of carbonyl (C=O) groups excluding carboxylic acids is 1. The molecular weight excluding hydrogens is 270 g/mol. The molecule has 94 valence electrons. The van der Waals surface area contributed by atoms with Gasteiger partial charge in [0, 0.05) is 17.3 Å². The molecule has 0 fully saturated rings. The van der Waals surface area contributed by atoms with E-state index in [4.69, 9.17) is 11.6 Å². The molecule has 2 heterocycles. The van der Waals surface area contributed by atoms with Crippen LogP contribution in [-0.2, 0) is 6.42 Å². The van der Waals surface area contributed by atoms with Crippen molar-refractivity contribution < 1.29 is 4.79 Å². The van der Waals surface area contributed by atoms with Crippen LogP contribution in [0.1, 0.15) is 27.9 Å². The lowest BCUT2D eigenvalue weighted by Crippen LogP contribution is -2.12. The number of anilines is 1. The zero-order valence-corrected chi connectivity index (χ0v) is 11.6. The van der Waals surface area contributed by atoms with E-state index < -0.39 is 0 Å². The first-order valence-electron chi connectivity index (χ1n) is 5.49. The lowest BCUT2D eigenvalue weighted by atomic mass is 10.2. The number of thiazole rings is 1. The average Bonchev–Trinajstić information content (AvgIpc) is 2.69. The van der Waals surface area contributed by atoms with E-state index in [0.29, 0.717) is 15.7 Å². The van der Waals surface area contributed by atoms with Crippen molar-refractivity contribution in [1.29, 1.82) is 0 Å². The molecule has 2 aromatic heterocycles. The maximum absolute atomic E-state index is 12.0. The third-order valence-corrected chi connectivity index (χ3v) is 3.69. The highest BCUT2D eigenvalue weighted by Gasteiger charge is 2.13. The molecule has 1 amide bonds. The number of halogens is 1. The van der Waals surface area contributed by atoms with Crippen LogP contribution in [0.5, 0.6) is 0 Å². The van der Waals surface area contributed by atoms with Crippen LogP contribution >= 0.6 is 22.9 Å². The summed E-state index contributed by atoms with van der Waals surface area (Å²) in [5, 5.41) is 3.68. The minimum atomic E-state index is -0.265. The number of nitrogens with zero attached hydrogens (tertiary/aromatic N) is 2. The molecule has 6 heteroatoms. The van der Waals surface area contributed by atoms with Crippen molar-refractivity contribution in [2.75, 3.05) is 5.32 Å². The third-order valence-electron chi connectivity index (χ3n) is 2.47. The molecule has 0 atom stereocenters. The van der Waals surface area contributed by atoms with Gasteiger partial charge in [-0.05, 0) is 19.4 Å². The van der Waals surface area contributed by atoms with Gasteiger partial charge in [-0.3, -0.25) is 15.1 Å². The molecular formula is C12H12ClN3OS. The Balaban J connectivity index is 2.19. The Morgan fingerprint density at radius 2 is 2.33 bits per heavy atom. The maximum atomic E-state index is 12.0. The van der Waals surface area contributed by atoms with Gasteiger partial charge in [-0.15, -0.1) is 11.3 Å². The summed E-state index contributed by atoms with van der Waals surface area (Å²) in [6.45, 7) is 4.03. The summed E-state index contributed by atoms with van der Waals surface area (Å²) in [6.07, 6.45) is 3.83. The number of pyridine rings is 1. The number of hydrogen-bond acceptors (Lipinski definition) is 4. The van der Waals surface area contributed by atoms with Gasteiger partial charge in [-0.2, -0.15) is 0 Å². The summed E-state index contributed by atoms with van der Waals surface area (Å²) in [4.78, 5) is 21.3. The van der Waals surface area contributed by atoms with Crippen LogP contribution in [0.4, 0.5) is 5.13 Å². The van der Waals surface area contributed by atoms with E-state index in [1.165, 1.54) is 23.7 Å². The fraction of sp³-hybridized carbons (Fsp3) is 0.250. The molecule has 0 saturated heterocycles. The summed E-state index contributed by atoms with van der Waals surface area (Å²) in [5.74, 6) is -0.265. The number of aromatic nitrogens is 2. The van der Waals surface area contributed by atoms with E-state index in [0.717, 1.165) is 17.0 Å². The Labute approximate surface area is 114 Å². The van der Waals surface area contributed by atoms with E-state index in [-0.39, 0.29) is 5.91 Å². The van der Waals surface area contributed by atoms with Crippen LogP contribution in [-0.4, -0.2) is 15.9 Å². The van der Waals surface area contributed by atoms with Gasteiger partial charge >= 0.3 is 0 Å². The van der Waals surface area contributed by atoms with Gasteiger partial charge in [0.2, 0.25) is 0 Å². The number of rotatable bonds is 3. The van der Waals surface area contributed by atoms with Gasteiger partial charge < -0.3 is 0 Å². The van der Waals surface area contributed by atoms with Crippen molar-refractivity contribution in [3.05, 3.63) is 39.6 Å². The second kappa shape index (κ2) is 5.46. The Hall–Kier alpha value is -1.46. The minimum absolute atomic E-state index is 0.265. The van der Waals surface area contributed by atoms with Crippen LogP contribution in [0.2, 0.25) is 5.02 Å². The van der Waals surface area contributed by atoms with Gasteiger partial charge in [-0.25, -0.2) is 4.98 Å². The Morgan fingerprint density at radius 3 is 2.94 bits per heavy atom. The van der Waals surface area contributed by atoms with Crippen LogP contribution in [0.3, 0.4) is 0 Å². The normalized spacial score (nSPS) is 10.4. The van der Waals surface area contributed by atoms with E-state index in [1.54, 1.807) is 6.07 Å². The van der Waals surface area contributed by atoms with Crippen molar-refractivity contribution in [3.63, 3.8) is 0 Å². The number of nitrogens with one attached hydrogen (secondary N) is 1. The largest absolute Gasteiger partial charge is 0.298 e. The highest BCUT2D eigenvalue weighted by molar-refractivity contribution is 7.15. The molecule has 0 aliphatic heterocycles. The molecule has 0 bridgehead atoms. The molecule has 0 radical (unpaired) electrons. The van der Waals surface area contributed by atoms with Crippen LogP contribution in [0.25, 0.3) is 0 Å². The highest BCUT2D eigenvalue weighted by Crippen LogP contribution is 2.23. The van der Waals surface area contributed by atoms with Gasteiger partial charge in [0.25, 0.3) is 5.91 Å². The van der Waals surface area contributed by atoms with Crippen LogP contribution in [0, 0.1) is 6.92 Å². The highest BCUT2D eigenvalue weighted by atomic mass is 35.5. The minimum Gasteiger partial charge on any atom is -0.298 e. The van der Waals surface area contributed by atoms with E-state index >= 15 is 0 Å². The second-order valence-corrected chi connectivity index (χ2v) is 5.30. The van der Waals surface area contributed by atoms with E-state index in [2.05, 4.69) is 15.3 Å². The molecule has 2 rings (SSSR count). The zero-order chi connectivity index (χ0) is 13.1. The SMILES string of the molecule is CCc1nc(NC(=O)c2ccncc2Cl)sc1C. The van der Waals surface area contributed by atoms with Crippen molar-refractivity contribution in [2.45, 2.75) is 20.3 Å². The standard InChI is InChI=1S/C12H12ClN3OS/c1-3-10-7(2)18-12(15-10)16-11(17)8-4-5-14-6-9(8)13/h4-6H,3H2,1-2H3,(H,15,16,17). The summed E-state index contributed by atoms with van der Waals surface area (Å²) in [7, 11) is 0. The Bertz CT molecular complexity index is 582. The lowest BCUT2D eigenvalue weighted by molar-refractivity contribution is 0.102. The molecule has 18 heavy (non-hydrogen) atoms. The van der Waals surface area contributed by atoms with E-state index in [9.17, 15) is 4.79 Å². The number of aryl methyl sites for hydroxylation is 2. The smallest absolute Gasteiger partial charge is 0.259 e. The summed E-state index contributed by atoms with van der Waals surface area (Å²) in [6, 6.07) is 1.58. The topological polar surface area (TPSA) is 54.9 Å². The molecule has 0 unspecified atom stereocenters. The zero-order valence-electron chi connectivity index (χ0n) is 10.0.